The summed E-state index contributed by atoms with van der Waals surface area (Å²) in [6.45, 7) is 1.65. The highest BCUT2D eigenvalue weighted by Crippen LogP contribution is 2.25. The van der Waals surface area contributed by atoms with E-state index in [1.54, 1.807) is 31.2 Å². The first-order valence-corrected chi connectivity index (χ1v) is 8.84. The van der Waals surface area contributed by atoms with Crippen LogP contribution in [0.3, 0.4) is 0 Å². The lowest BCUT2D eigenvalue weighted by molar-refractivity contribution is -0.385. The van der Waals surface area contributed by atoms with Crippen molar-refractivity contribution in [3.8, 4) is 11.5 Å². The molecular weight excluding hydrogens is 348 g/mol. The third kappa shape index (κ3) is 4.68. The molecule has 0 aromatic heterocycles. The lowest BCUT2D eigenvalue weighted by atomic mass is 10.2. The summed E-state index contributed by atoms with van der Waals surface area (Å²) in [6.07, 6.45) is 0. The molecule has 0 heterocycles. The van der Waals surface area contributed by atoms with Gasteiger partial charge in [-0.25, -0.2) is 13.1 Å². The standard InChI is InChI=1S/C16H18N2O6S/c1-12-7-8-13(18(19)20)11-16(12)25(21,22)17-9-10-24-15-6-4-3-5-14(15)23-2/h3-8,11,17H,9-10H2,1-2H3. The van der Waals surface area contributed by atoms with Gasteiger partial charge in [-0.2, -0.15) is 0 Å². The summed E-state index contributed by atoms with van der Waals surface area (Å²) in [7, 11) is -2.37. The number of nitro benzene ring substituents is 1. The molecule has 0 saturated heterocycles. The Morgan fingerprint density at radius 3 is 2.48 bits per heavy atom. The fourth-order valence-electron chi connectivity index (χ4n) is 2.14. The maximum Gasteiger partial charge on any atom is 0.270 e. The maximum atomic E-state index is 12.3. The van der Waals surface area contributed by atoms with Crippen LogP contribution in [-0.2, 0) is 10.0 Å². The van der Waals surface area contributed by atoms with Crippen LogP contribution in [0, 0.1) is 17.0 Å². The monoisotopic (exact) mass is 366 g/mol. The number of nitro groups is 1. The molecule has 0 amide bonds. The molecule has 0 unspecified atom stereocenters. The molecule has 9 heteroatoms. The molecule has 0 atom stereocenters. The van der Waals surface area contributed by atoms with Gasteiger partial charge in [0, 0.05) is 18.7 Å². The minimum Gasteiger partial charge on any atom is -0.493 e. The second kappa shape index (κ2) is 7.95. The normalized spacial score (nSPS) is 11.1. The van der Waals surface area contributed by atoms with Crippen LogP contribution in [0.25, 0.3) is 0 Å². The highest BCUT2D eigenvalue weighted by Gasteiger charge is 2.20. The van der Waals surface area contributed by atoms with Crippen LogP contribution in [0.15, 0.2) is 47.4 Å². The third-order valence-corrected chi connectivity index (χ3v) is 5.00. The van der Waals surface area contributed by atoms with Crippen LogP contribution in [-0.4, -0.2) is 33.6 Å². The van der Waals surface area contributed by atoms with E-state index in [4.69, 9.17) is 9.47 Å². The molecule has 25 heavy (non-hydrogen) atoms. The van der Waals surface area contributed by atoms with Crippen molar-refractivity contribution in [2.24, 2.45) is 0 Å². The number of nitrogens with zero attached hydrogens (tertiary/aromatic N) is 1. The average molecular weight is 366 g/mol. The van der Waals surface area contributed by atoms with E-state index < -0.39 is 14.9 Å². The third-order valence-electron chi connectivity index (χ3n) is 3.39. The van der Waals surface area contributed by atoms with Gasteiger partial charge >= 0.3 is 0 Å². The van der Waals surface area contributed by atoms with Gasteiger partial charge in [-0.15, -0.1) is 0 Å². The van der Waals surface area contributed by atoms with Crippen molar-refractivity contribution in [3.05, 3.63) is 58.1 Å². The van der Waals surface area contributed by atoms with Crippen LogP contribution in [0.2, 0.25) is 0 Å². The molecule has 134 valence electrons. The molecule has 0 bridgehead atoms. The molecule has 0 saturated carbocycles. The topological polar surface area (TPSA) is 108 Å². The Bertz CT molecular complexity index is 867. The quantitative estimate of drug-likeness (QED) is 0.436. The fourth-order valence-corrected chi connectivity index (χ4v) is 3.42. The summed E-state index contributed by atoms with van der Waals surface area (Å²) in [5.74, 6) is 1.04. The van der Waals surface area contributed by atoms with Crippen molar-refractivity contribution in [1.82, 2.24) is 4.72 Å². The average Bonchev–Trinajstić information content (AvgIpc) is 2.59. The molecule has 1 N–H and O–H groups in total. The van der Waals surface area contributed by atoms with E-state index in [9.17, 15) is 18.5 Å². The Hall–Kier alpha value is -2.65. The van der Waals surface area contributed by atoms with Gasteiger partial charge in [-0.3, -0.25) is 10.1 Å². The molecule has 2 rings (SSSR count). The lowest BCUT2D eigenvalue weighted by Crippen LogP contribution is -2.29. The smallest absolute Gasteiger partial charge is 0.270 e. The molecular formula is C16H18N2O6S. The van der Waals surface area contributed by atoms with Crippen molar-refractivity contribution < 1.29 is 22.8 Å². The molecule has 0 spiro atoms. The Morgan fingerprint density at radius 2 is 1.84 bits per heavy atom. The summed E-state index contributed by atoms with van der Waals surface area (Å²) >= 11 is 0. The van der Waals surface area contributed by atoms with Crippen LogP contribution >= 0.6 is 0 Å². The predicted octanol–water partition coefficient (Wildman–Crippen LogP) is 2.27. The van der Waals surface area contributed by atoms with Gasteiger partial charge in [0.15, 0.2) is 11.5 Å². The van der Waals surface area contributed by atoms with E-state index in [1.807, 2.05) is 0 Å². The molecule has 0 aliphatic heterocycles. The maximum absolute atomic E-state index is 12.3. The Kier molecular flexibility index (Phi) is 5.94. The number of benzene rings is 2. The first kappa shape index (κ1) is 18.7. The van der Waals surface area contributed by atoms with E-state index in [-0.39, 0.29) is 23.7 Å². The number of aryl methyl sites for hydroxylation is 1. The van der Waals surface area contributed by atoms with E-state index in [1.165, 1.54) is 19.2 Å². The first-order chi connectivity index (χ1) is 11.8. The number of hydrogen-bond acceptors (Lipinski definition) is 6. The van der Waals surface area contributed by atoms with Gasteiger partial charge < -0.3 is 9.47 Å². The zero-order valence-corrected chi connectivity index (χ0v) is 14.6. The van der Waals surface area contributed by atoms with Crippen LogP contribution < -0.4 is 14.2 Å². The zero-order chi connectivity index (χ0) is 18.4. The van der Waals surface area contributed by atoms with Crippen LogP contribution in [0.5, 0.6) is 11.5 Å². The number of rotatable bonds is 8. The molecule has 0 fully saturated rings. The fraction of sp³-hybridized carbons (Fsp3) is 0.250. The number of ether oxygens (including phenoxy) is 2. The van der Waals surface area contributed by atoms with Gasteiger partial charge in [-0.05, 0) is 24.6 Å². The Morgan fingerprint density at radius 1 is 1.16 bits per heavy atom. The molecule has 2 aromatic rings. The lowest BCUT2D eigenvalue weighted by Gasteiger charge is -2.12. The van der Waals surface area contributed by atoms with Crippen molar-refractivity contribution >= 4 is 15.7 Å². The van der Waals surface area contributed by atoms with Crippen molar-refractivity contribution in [3.63, 3.8) is 0 Å². The summed E-state index contributed by atoms with van der Waals surface area (Å²) in [6, 6.07) is 10.7. The van der Waals surface area contributed by atoms with Gasteiger partial charge in [0.1, 0.15) is 6.61 Å². The van der Waals surface area contributed by atoms with Crippen molar-refractivity contribution in [1.29, 1.82) is 0 Å². The van der Waals surface area contributed by atoms with Gasteiger partial charge in [0.25, 0.3) is 5.69 Å². The summed E-state index contributed by atoms with van der Waals surface area (Å²) < 4.78 is 37.7. The summed E-state index contributed by atoms with van der Waals surface area (Å²) in [4.78, 5) is 10.1. The number of hydrogen-bond donors (Lipinski definition) is 1. The highest BCUT2D eigenvalue weighted by atomic mass is 32.2. The second-order valence-electron chi connectivity index (χ2n) is 5.10. The van der Waals surface area contributed by atoms with E-state index in [0.29, 0.717) is 17.1 Å². The van der Waals surface area contributed by atoms with Crippen LogP contribution in [0.1, 0.15) is 5.56 Å². The Balaban J connectivity index is 2.02. The van der Waals surface area contributed by atoms with E-state index >= 15 is 0 Å². The van der Waals surface area contributed by atoms with Crippen LogP contribution in [0.4, 0.5) is 5.69 Å². The summed E-state index contributed by atoms with van der Waals surface area (Å²) in [5, 5.41) is 10.8. The first-order valence-electron chi connectivity index (χ1n) is 7.35. The Labute approximate surface area is 145 Å². The molecule has 0 aliphatic carbocycles. The second-order valence-corrected chi connectivity index (χ2v) is 6.84. The largest absolute Gasteiger partial charge is 0.493 e. The highest BCUT2D eigenvalue weighted by molar-refractivity contribution is 7.89. The minimum absolute atomic E-state index is 0.00249. The van der Waals surface area contributed by atoms with E-state index in [2.05, 4.69) is 4.72 Å². The molecule has 8 nitrogen and oxygen atoms in total. The van der Waals surface area contributed by atoms with E-state index in [0.717, 1.165) is 6.07 Å². The number of sulfonamides is 1. The number of non-ortho nitro benzene ring substituents is 1. The zero-order valence-electron chi connectivity index (χ0n) is 13.8. The predicted molar refractivity (Wildman–Crippen MR) is 91.5 cm³/mol. The van der Waals surface area contributed by atoms with Gasteiger partial charge in [0.2, 0.25) is 10.0 Å². The van der Waals surface area contributed by atoms with Crippen molar-refractivity contribution in [2.75, 3.05) is 20.3 Å². The molecule has 0 aliphatic rings. The van der Waals surface area contributed by atoms with Crippen molar-refractivity contribution in [2.45, 2.75) is 11.8 Å². The number of methoxy groups -OCH3 is 1. The number of nitrogens with one attached hydrogen (secondary N) is 1. The molecule has 0 radical (unpaired) electrons. The minimum atomic E-state index is -3.88. The SMILES string of the molecule is COc1ccccc1OCCNS(=O)(=O)c1cc([N+](=O)[O-])ccc1C. The molecule has 2 aromatic carbocycles. The van der Waals surface area contributed by atoms with Gasteiger partial charge in [0.05, 0.1) is 16.9 Å². The number of para-hydroxylation sites is 2. The summed E-state index contributed by atoms with van der Waals surface area (Å²) in [5.41, 5.74) is 0.139. The van der Waals surface area contributed by atoms with Gasteiger partial charge in [-0.1, -0.05) is 18.2 Å².